The van der Waals surface area contributed by atoms with Crippen LogP contribution < -0.4 is 10.6 Å². The van der Waals surface area contributed by atoms with Crippen LogP contribution in [0, 0.1) is 0 Å². The number of nitrogens with zero attached hydrogens (tertiary/aromatic N) is 1. The van der Waals surface area contributed by atoms with Gasteiger partial charge in [-0.3, -0.25) is 0 Å². The zero-order valence-electron chi connectivity index (χ0n) is 11.7. The number of rotatable bonds is 4. The largest absolute Gasteiger partial charge is 0.354 e. The van der Waals surface area contributed by atoms with Crippen molar-refractivity contribution in [3.05, 3.63) is 89.5 Å². The van der Waals surface area contributed by atoms with Crippen LogP contribution in [0.3, 0.4) is 0 Å². The highest BCUT2D eigenvalue weighted by Crippen LogP contribution is 2.19. The van der Waals surface area contributed by atoms with Crippen molar-refractivity contribution < 1.29 is 0 Å². The molecule has 0 aliphatic carbocycles. The first kappa shape index (κ1) is 13.2. The van der Waals surface area contributed by atoms with E-state index in [2.05, 4.69) is 46.6 Å². The zero-order valence-corrected chi connectivity index (χ0v) is 11.7. The van der Waals surface area contributed by atoms with Gasteiger partial charge in [-0.2, -0.15) is 0 Å². The minimum absolute atomic E-state index is 0.776. The quantitative estimate of drug-likeness (QED) is 0.840. The van der Waals surface area contributed by atoms with Crippen molar-refractivity contribution in [1.29, 1.82) is 0 Å². The van der Waals surface area contributed by atoms with E-state index < -0.39 is 0 Å². The third-order valence-electron chi connectivity index (χ3n) is 3.39. The van der Waals surface area contributed by atoms with E-state index in [9.17, 15) is 0 Å². The van der Waals surface area contributed by atoms with E-state index in [0.717, 1.165) is 29.2 Å². The highest BCUT2D eigenvalue weighted by Gasteiger charge is 2.14. The Labute approximate surface area is 124 Å². The maximum atomic E-state index is 4.06. The molecule has 0 amide bonds. The molecule has 1 aliphatic heterocycles. The molecule has 0 spiro atoms. The van der Waals surface area contributed by atoms with Crippen molar-refractivity contribution in [2.24, 2.45) is 4.99 Å². The summed E-state index contributed by atoms with van der Waals surface area (Å²) in [6.45, 7) is 3.63. The van der Waals surface area contributed by atoms with E-state index in [4.69, 9.17) is 0 Å². The van der Waals surface area contributed by atoms with E-state index in [1.807, 2.05) is 42.6 Å². The highest BCUT2D eigenvalue weighted by atomic mass is 15.1. The smallest absolute Gasteiger partial charge is 0.149 e. The van der Waals surface area contributed by atoms with Gasteiger partial charge in [0.05, 0.1) is 11.4 Å². The first-order valence-electron chi connectivity index (χ1n) is 6.90. The van der Waals surface area contributed by atoms with E-state index in [1.54, 1.807) is 0 Å². The fourth-order valence-electron chi connectivity index (χ4n) is 2.33. The van der Waals surface area contributed by atoms with Crippen LogP contribution in [0.5, 0.6) is 0 Å². The molecule has 0 saturated heterocycles. The van der Waals surface area contributed by atoms with Gasteiger partial charge in [-0.25, -0.2) is 4.99 Å². The van der Waals surface area contributed by atoms with E-state index in [-0.39, 0.29) is 0 Å². The maximum Gasteiger partial charge on any atom is 0.149 e. The zero-order chi connectivity index (χ0) is 14.5. The summed E-state index contributed by atoms with van der Waals surface area (Å²) in [6, 6.07) is 20.5. The van der Waals surface area contributed by atoms with Gasteiger partial charge < -0.3 is 10.6 Å². The maximum absolute atomic E-state index is 4.06. The molecular formula is C18H17N3. The first-order valence-corrected chi connectivity index (χ1v) is 6.90. The lowest BCUT2D eigenvalue weighted by atomic mass is 10.1. The van der Waals surface area contributed by atoms with E-state index in [1.165, 1.54) is 5.56 Å². The van der Waals surface area contributed by atoms with E-state index >= 15 is 0 Å². The molecule has 2 aromatic carbocycles. The Kier molecular flexibility index (Phi) is 3.83. The van der Waals surface area contributed by atoms with Crippen molar-refractivity contribution in [2.75, 3.05) is 0 Å². The van der Waals surface area contributed by atoms with E-state index in [0.29, 0.717) is 0 Å². The summed E-state index contributed by atoms with van der Waals surface area (Å²) in [6.07, 6.45) is 2.71. The molecule has 3 nitrogen and oxygen atoms in total. The van der Waals surface area contributed by atoms with Gasteiger partial charge >= 0.3 is 0 Å². The number of hydrogen-bond donors (Lipinski definition) is 2. The van der Waals surface area contributed by atoms with Crippen LogP contribution in [0.25, 0.3) is 5.70 Å². The first-order chi connectivity index (χ1) is 10.4. The van der Waals surface area contributed by atoms with Crippen LogP contribution in [-0.4, -0.2) is 6.72 Å². The second kappa shape index (κ2) is 6.09. The summed E-state index contributed by atoms with van der Waals surface area (Å²) < 4.78 is 0. The average Bonchev–Trinajstić information content (AvgIpc) is 2.56. The Morgan fingerprint density at radius 1 is 0.905 bits per heavy atom. The van der Waals surface area contributed by atoms with Gasteiger partial charge in [0.2, 0.25) is 0 Å². The fraction of sp³-hybridized carbons (Fsp3) is 0.0556. The predicted octanol–water partition coefficient (Wildman–Crippen LogP) is 3.29. The van der Waals surface area contributed by atoms with Crippen molar-refractivity contribution in [3.8, 4) is 0 Å². The van der Waals surface area contributed by atoms with Crippen LogP contribution in [0.4, 0.5) is 0 Å². The number of benzene rings is 2. The Morgan fingerprint density at radius 2 is 1.57 bits per heavy atom. The van der Waals surface area contributed by atoms with Gasteiger partial charge in [0.15, 0.2) is 0 Å². The summed E-state index contributed by atoms with van der Waals surface area (Å²) in [4.78, 5) is 4.06. The predicted molar refractivity (Wildman–Crippen MR) is 87.4 cm³/mol. The molecule has 0 saturated carbocycles. The molecule has 2 aromatic rings. The lowest BCUT2D eigenvalue weighted by Gasteiger charge is -2.22. The lowest BCUT2D eigenvalue weighted by molar-refractivity contribution is 0.849. The average molecular weight is 275 g/mol. The number of aliphatic imine (C=N–C) groups is 1. The normalized spacial score (nSPS) is 14.0. The van der Waals surface area contributed by atoms with Gasteiger partial charge in [-0.1, -0.05) is 60.7 Å². The second-order valence-electron chi connectivity index (χ2n) is 4.84. The molecule has 3 heteroatoms. The number of nitrogens with one attached hydrogen (secondary N) is 2. The lowest BCUT2D eigenvalue weighted by Crippen LogP contribution is -2.26. The molecule has 104 valence electrons. The summed E-state index contributed by atoms with van der Waals surface area (Å²) in [7, 11) is 0. The third kappa shape index (κ3) is 3.03. The minimum atomic E-state index is 0.776. The van der Waals surface area contributed by atoms with Crippen LogP contribution in [-0.2, 0) is 6.42 Å². The van der Waals surface area contributed by atoms with Gasteiger partial charge in [0.25, 0.3) is 0 Å². The Bertz CT molecular complexity index is 685. The summed E-state index contributed by atoms with van der Waals surface area (Å²) in [5.74, 6) is 0.776. The van der Waals surface area contributed by atoms with Crippen LogP contribution >= 0.6 is 0 Å². The molecule has 21 heavy (non-hydrogen) atoms. The molecule has 0 bridgehead atoms. The van der Waals surface area contributed by atoms with Gasteiger partial charge in [0, 0.05) is 12.6 Å². The van der Waals surface area contributed by atoms with Crippen molar-refractivity contribution in [2.45, 2.75) is 6.42 Å². The number of allylic oxidation sites excluding steroid dienone is 1. The molecule has 0 atom stereocenters. The topological polar surface area (TPSA) is 36.4 Å². The molecule has 0 radical (unpaired) electrons. The van der Waals surface area contributed by atoms with Crippen LogP contribution in [0.2, 0.25) is 0 Å². The minimum Gasteiger partial charge on any atom is -0.354 e. The summed E-state index contributed by atoms with van der Waals surface area (Å²) in [5, 5.41) is 6.68. The van der Waals surface area contributed by atoms with Gasteiger partial charge in [-0.15, -0.1) is 0 Å². The standard InChI is InChI=1S/C18H17N3/c1-19-18-16(12-14-8-4-2-5-9-14)21-17(13-20-18)15-10-6-3-7-11-15/h2-11,13,20-21H,1,12H2. The molecule has 0 unspecified atom stereocenters. The molecular weight excluding hydrogens is 258 g/mol. The van der Waals surface area contributed by atoms with Crippen molar-refractivity contribution >= 4 is 12.4 Å². The highest BCUT2D eigenvalue weighted by molar-refractivity contribution is 5.67. The molecule has 1 aliphatic rings. The fourth-order valence-corrected chi connectivity index (χ4v) is 2.33. The monoisotopic (exact) mass is 275 g/mol. The van der Waals surface area contributed by atoms with Gasteiger partial charge in [-0.05, 0) is 17.8 Å². The molecule has 0 aromatic heterocycles. The number of hydrogen-bond acceptors (Lipinski definition) is 3. The molecule has 3 rings (SSSR count). The molecule has 0 fully saturated rings. The van der Waals surface area contributed by atoms with Gasteiger partial charge in [0.1, 0.15) is 5.82 Å². The Hall–Kier alpha value is -2.81. The van der Waals surface area contributed by atoms with Crippen molar-refractivity contribution in [3.63, 3.8) is 0 Å². The van der Waals surface area contributed by atoms with Crippen molar-refractivity contribution in [1.82, 2.24) is 10.6 Å². The Morgan fingerprint density at radius 3 is 2.24 bits per heavy atom. The van der Waals surface area contributed by atoms with Crippen LogP contribution in [0.15, 0.2) is 83.4 Å². The van der Waals surface area contributed by atoms with Crippen LogP contribution in [0.1, 0.15) is 11.1 Å². The molecule has 2 N–H and O–H groups in total. The third-order valence-corrected chi connectivity index (χ3v) is 3.39. The Balaban J connectivity index is 1.84. The summed E-state index contributed by atoms with van der Waals surface area (Å²) >= 11 is 0. The SMILES string of the molecule is C=NC1=C(Cc2ccccc2)NC(c2ccccc2)=CN1. The molecule has 1 heterocycles. The summed E-state index contributed by atoms with van der Waals surface area (Å²) in [5.41, 5.74) is 4.43. The second-order valence-corrected chi connectivity index (χ2v) is 4.84.